The molecule has 8 N–H and O–H groups in total. The van der Waals surface area contributed by atoms with E-state index in [0.717, 1.165) is 16.5 Å². The number of aromatic nitrogens is 1. The molecule has 3 rings (SSSR count). The Morgan fingerprint density at radius 2 is 1.54 bits per heavy atom. The standard InChI is InChI=1S/C33H42ClN9O7/c1-19(2)15-26(39-29(45)24(35)16-21-18-38-25-12-8-7-11-23(21)25)30(46)40-27(17-28(36)44)32(48)42(22-9-5-4-6-10-22)31(47)20(3)43(41-50)33(49)37-14-13-34/h4-12,18-20,24,26-27,38H,13-17,35H2,1-3H3,(H2,36,44)(H,37,49)(H,39,45)(H,40,46)/t20-,24-,26-,27-/m0/s1. The van der Waals surface area contributed by atoms with Crippen LogP contribution in [0.15, 0.2) is 66.1 Å². The van der Waals surface area contributed by atoms with Crippen LogP contribution in [0, 0.1) is 10.8 Å². The highest BCUT2D eigenvalue weighted by atomic mass is 35.5. The lowest BCUT2D eigenvalue weighted by Crippen LogP contribution is -2.59. The average molecular weight is 712 g/mol. The Kier molecular flexibility index (Phi) is 14.4. The van der Waals surface area contributed by atoms with Gasteiger partial charge in [0, 0.05) is 29.5 Å². The van der Waals surface area contributed by atoms with Gasteiger partial charge in [-0.3, -0.25) is 24.0 Å². The number of carbonyl (C=O) groups excluding carboxylic acids is 6. The van der Waals surface area contributed by atoms with Crippen molar-refractivity contribution in [2.24, 2.45) is 22.7 Å². The van der Waals surface area contributed by atoms with Crippen molar-refractivity contribution in [3.8, 4) is 0 Å². The SMILES string of the molecule is CC(C)C[C@H](NC(=O)[C@@H](N)Cc1c[nH]c2ccccc12)C(=O)N[C@@H](CC(N)=O)C(=O)N(C(=O)[C@H](C)N(N=O)C(=O)NCCCl)c1ccccc1. The molecule has 0 aliphatic rings. The molecule has 16 nitrogen and oxygen atoms in total. The first-order valence-electron chi connectivity index (χ1n) is 15.9. The third-order valence-corrected chi connectivity index (χ3v) is 7.85. The number of urea groups is 1. The fourth-order valence-electron chi connectivity index (χ4n) is 5.19. The predicted molar refractivity (Wildman–Crippen MR) is 187 cm³/mol. The van der Waals surface area contributed by atoms with Crippen LogP contribution in [0.3, 0.4) is 0 Å². The number of amides is 7. The minimum absolute atomic E-state index is 0.000345. The number of H-pyrrole nitrogens is 1. The van der Waals surface area contributed by atoms with Crippen LogP contribution in [0.4, 0.5) is 10.5 Å². The molecule has 0 unspecified atom stereocenters. The summed E-state index contributed by atoms with van der Waals surface area (Å²) in [5, 5.41) is 11.3. The second-order valence-corrected chi connectivity index (χ2v) is 12.3. The molecule has 0 spiro atoms. The van der Waals surface area contributed by atoms with Gasteiger partial charge in [0.25, 0.3) is 11.8 Å². The molecule has 4 atom stereocenters. The van der Waals surface area contributed by atoms with E-state index in [1.807, 2.05) is 38.1 Å². The Morgan fingerprint density at radius 1 is 0.900 bits per heavy atom. The van der Waals surface area contributed by atoms with Gasteiger partial charge >= 0.3 is 6.03 Å². The van der Waals surface area contributed by atoms with Gasteiger partial charge < -0.3 is 32.4 Å². The smallest absolute Gasteiger partial charge is 0.341 e. The Bertz CT molecular complexity index is 1680. The maximum Gasteiger partial charge on any atom is 0.341 e. The monoisotopic (exact) mass is 711 g/mol. The van der Waals surface area contributed by atoms with Crippen molar-refractivity contribution in [1.29, 1.82) is 0 Å². The van der Waals surface area contributed by atoms with Crippen LogP contribution >= 0.6 is 11.6 Å². The third-order valence-electron chi connectivity index (χ3n) is 7.66. The van der Waals surface area contributed by atoms with E-state index in [4.69, 9.17) is 23.1 Å². The van der Waals surface area contributed by atoms with E-state index in [9.17, 15) is 33.7 Å². The van der Waals surface area contributed by atoms with Crippen molar-refractivity contribution < 1.29 is 28.8 Å². The largest absolute Gasteiger partial charge is 0.370 e. The number of imide groups is 1. The lowest BCUT2D eigenvalue weighted by atomic mass is 10.0. The quantitative estimate of drug-likeness (QED) is 0.0684. The molecular weight excluding hydrogens is 670 g/mol. The number of nitrogens with two attached hydrogens (primary N) is 2. The number of nitrogens with zero attached hydrogens (tertiary/aromatic N) is 3. The average Bonchev–Trinajstić information content (AvgIpc) is 3.49. The molecule has 268 valence electrons. The van der Waals surface area contributed by atoms with Gasteiger partial charge in [-0.05, 0) is 49.4 Å². The van der Waals surface area contributed by atoms with Crippen molar-refractivity contribution in [1.82, 2.24) is 25.9 Å². The molecule has 0 saturated carbocycles. The zero-order valence-corrected chi connectivity index (χ0v) is 28.7. The molecular formula is C33H42ClN9O7. The number of fused-ring (bicyclic) bond motifs is 1. The number of aromatic amines is 1. The Labute approximate surface area is 293 Å². The third kappa shape index (κ3) is 10.3. The lowest BCUT2D eigenvalue weighted by molar-refractivity contribution is -0.135. The summed E-state index contributed by atoms with van der Waals surface area (Å²) in [5.41, 5.74) is 13.4. The highest BCUT2D eigenvalue weighted by Gasteiger charge is 2.39. The van der Waals surface area contributed by atoms with Gasteiger partial charge in [-0.25, -0.2) is 9.69 Å². The van der Waals surface area contributed by atoms with Crippen molar-refractivity contribution >= 4 is 63.8 Å². The number of rotatable bonds is 17. The van der Waals surface area contributed by atoms with Gasteiger partial charge in [-0.1, -0.05) is 50.2 Å². The molecule has 0 fully saturated rings. The van der Waals surface area contributed by atoms with Crippen molar-refractivity contribution in [3.05, 3.63) is 71.3 Å². The summed E-state index contributed by atoms with van der Waals surface area (Å²) in [5.74, 6) is -4.74. The maximum absolute atomic E-state index is 14.1. The van der Waals surface area contributed by atoms with E-state index in [-0.39, 0.29) is 36.9 Å². The molecule has 2 aromatic carbocycles. The molecule has 0 radical (unpaired) electrons. The van der Waals surface area contributed by atoms with Crippen LogP contribution in [0.5, 0.6) is 0 Å². The number of anilines is 1. The van der Waals surface area contributed by atoms with Crippen LogP contribution in [0.2, 0.25) is 0 Å². The molecule has 0 aliphatic carbocycles. The highest BCUT2D eigenvalue weighted by molar-refractivity contribution is 6.19. The first-order chi connectivity index (χ1) is 23.8. The molecule has 50 heavy (non-hydrogen) atoms. The van der Waals surface area contributed by atoms with Crippen molar-refractivity contribution in [2.45, 2.75) is 64.2 Å². The number of alkyl halides is 1. The summed E-state index contributed by atoms with van der Waals surface area (Å²) in [4.78, 5) is 95.0. The number of benzene rings is 2. The number of primary amides is 1. The topological polar surface area (TPSA) is 242 Å². The summed E-state index contributed by atoms with van der Waals surface area (Å²) in [6.07, 6.45) is 1.32. The fraction of sp³-hybridized carbons (Fsp3) is 0.394. The summed E-state index contributed by atoms with van der Waals surface area (Å²) in [7, 11) is 0. The van der Waals surface area contributed by atoms with Gasteiger partial charge in [-0.15, -0.1) is 16.5 Å². The molecule has 17 heteroatoms. The molecule has 1 aromatic heterocycles. The zero-order valence-electron chi connectivity index (χ0n) is 27.9. The van der Waals surface area contributed by atoms with E-state index >= 15 is 0 Å². The summed E-state index contributed by atoms with van der Waals surface area (Å²) in [6, 6.07) is 8.36. The van der Waals surface area contributed by atoms with Gasteiger partial charge in [0.1, 0.15) is 18.1 Å². The Morgan fingerprint density at radius 3 is 2.16 bits per heavy atom. The number of carbonyl (C=O) groups is 6. The molecule has 3 aromatic rings. The van der Waals surface area contributed by atoms with E-state index < -0.39 is 66.2 Å². The Hall–Kier alpha value is -5.35. The van der Waals surface area contributed by atoms with Crippen LogP contribution in [0.1, 0.15) is 39.2 Å². The second-order valence-electron chi connectivity index (χ2n) is 12.0. The molecule has 7 amide bonds. The molecule has 1 heterocycles. The summed E-state index contributed by atoms with van der Waals surface area (Å²) < 4.78 is 0. The number of hydrogen-bond donors (Lipinski definition) is 6. The van der Waals surface area contributed by atoms with Crippen LogP contribution < -0.4 is 32.3 Å². The van der Waals surface area contributed by atoms with E-state index in [1.54, 1.807) is 12.3 Å². The van der Waals surface area contributed by atoms with E-state index in [0.29, 0.717) is 9.91 Å². The highest BCUT2D eigenvalue weighted by Crippen LogP contribution is 2.21. The number of hydrogen-bond acceptors (Lipinski definition) is 9. The molecule has 0 bridgehead atoms. The summed E-state index contributed by atoms with van der Waals surface area (Å²) >= 11 is 5.60. The van der Waals surface area contributed by atoms with E-state index in [2.05, 4.69) is 26.2 Å². The molecule has 0 aliphatic heterocycles. The van der Waals surface area contributed by atoms with Crippen LogP contribution in [-0.2, 0) is 30.4 Å². The normalized spacial score (nSPS) is 13.4. The van der Waals surface area contributed by atoms with E-state index in [1.165, 1.54) is 31.2 Å². The van der Waals surface area contributed by atoms with Gasteiger partial charge in [0.05, 0.1) is 23.4 Å². The first-order valence-corrected chi connectivity index (χ1v) is 16.4. The first kappa shape index (κ1) is 39.1. The van der Waals surface area contributed by atoms with Crippen molar-refractivity contribution in [2.75, 3.05) is 17.3 Å². The lowest BCUT2D eigenvalue weighted by Gasteiger charge is -2.31. The zero-order chi connectivity index (χ0) is 37.0. The van der Waals surface area contributed by atoms with Gasteiger partial charge in [0.2, 0.25) is 17.7 Å². The van der Waals surface area contributed by atoms with Crippen LogP contribution in [0.25, 0.3) is 10.9 Å². The minimum atomic E-state index is -1.70. The Balaban J connectivity index is 1.87. The predicted octanol–water partition coefficient (Wildman–Crippen LogP) is 1.81. The summed E-state index contributed by atoms with van der Waals surface area (Å²) in [6.45, 7) is 4.77. The van der Waals surface area contributed by atoms with Gasteiger partial charge in [-0.2, -0.15) is 5.01 Å². The fourth-order valence-corrected chi connectivity index (χ4v) is 5.29. The number of nitroso groups, excluding NO2 is 1. The number of nitrogens with one attached hydrogen (secondary N) is 4. The number of halogens is 1. The van der Waals surface area contributed by atoms with Gasteiger partial charge in [0.15, 0.2) is 0 Å². The number of para-hydroxylation sites is 2. The maximum atomic E-state index is 14.1. The van der Waals surface area contributed by atoms with Crippen molar-refractivity contribution in [3.63, 3.8) is 0 Å². The second kappa shape index (κ2) is 18.4. The molecule has 0 saturated heterocycles. The minimum Gasteiger partial charge on any atom is -0.370 e. The van der Waals surface area contributed by atoms with Crippen LogP contribution in [-0.4, -0.2) is 82.2 Å².